The number of amides is 1. The first-order valence-corrected chi connectivity index (χ1v) is 33.2. The summed E-state index contributed by atoms with van der Waals surface area (Å²) in [6.07, 6.45) is 63.1. The Bertz CT molecular complexity index is 1300. The summed E-state index contributed by atoms with van der Waals surface area (Å²) < 4.78 is 30.7. The van der Waals surface area contributed by atoms with E-state index in [4.69, 9.17) is 13.8 Å². The predicted molar refractivity (Wildman–Crippen MR) is 314 cm³/mol. The van der Waals surface area contributed by atoms with Gasteiger partial charge in [-0.05, 0) is 57.4 Å². The molecule has 9 nitrogen and oxygen atoms in total. The highest BCUT2D eigenvalue weighted by Crippen LogP contribution is 2.43. The van der Waals surface area contributed by atoms with Crippen LogP contribution in [0, 0.1) is 0 Å². The minimum atomic E-state index is -4.44. The van der Waals surface area contributed by atoms with E-state index >= 15 is 0 Å². The van der Waals surface area contributed by atoms with Crippen LogP contribution in [-0.2, 0) is 27.9 Å². The zero-order valence-corrected chi connectivity index (χ0v) is 50.3. The summed E-state index contributed by atoms with van der Waals surface area (Å²) in [6, 6.07) is -0.844. The third-order valence-corrected chi connectivity index (χ3v) is 15.4. The van der Waals surface area contributed by atoms with Gasteiger partial charge in [0.2, 0.25) is 5.91 Å². The minimum absolute atomic E-state index is 0.0432. The van der Waals surface area contributed by atoms with E-state index in [1.807, 2.05) is 33.3 Å². The summed E-state index contributed by atoms with van der Waals surface area (Å²) in [6.45, 7) is 7.05. The highest BCUT2D eigenvalue weighted by atomic mass is 31.2. The molecule has 0 heterocycles. The summed E-state index contributed by atoms with van der Waals surface area (Å²) in [5.74, 6) is -0.492. The molecule has 0 aromatic rings. The quantitative estimate of drug-likeness (QED) is 0.0205. The van der Waals surface area contributed by atoms with E-state index in [9.17, 15) is 19.0 Å². The number of nitrogens with zero attached hydrogens (tertiary/aromatic N) is 1. The molecule has 73 heavy (non-hydrogen) atoms. The van der Waals surface area contributed by atoms with E-state index in [0.717, 1.165) is 57.8 Å². The number of quaternary nitrogens is 1. The fraction of sp³-hybridized carbons (Fsp3) is 0.905. The van der Waals surface area contributed by atoms with Crippen molar-refractivity contribution >= 4 is 19.7 Å². The highest BCUT2D eigenvalue weighted by molar-refractivity contribution is 7.47. The number of likely N-dealkylation sites (N-methyl/N-ethyl adjacent to an activating group) is 1. The van der Waals surface area contributed by atoms with Gasteiger partial charge in [0.1, 0.15) is 19.3 Å². The lowest BCUT2D eigenvalue weighted by Gasteiger charge is -2.27. The standard InChI is InChI=1S/C63H123N2O7P/c1-7-10-13-16-19-22-25-28-30-32-34-37-40-43-46-49-52-55-62(66)64-60(59-71-73(68,69)70-58-57-65(4,5)6)61(54-51-48-45-42-39-36-27-24-21-18-15-12-9-3)72-63(67)56-53-50-47-44-41-38-35-33-31-29-26-23-20-17-14-11-8-2/h29,31,51,54,60-61H,7-28,30,32-50,52-53,55-59H2,1-6H3,(H-,64,66,68,69)/p+1/b31-29+,54-51+. The average molecular weight is 1050 g/mol. The number of hydrogen-bond donors (Lipinski definition) is 2. The highest BCUT2D eigenvalue weighted by Gasteiger charge is 2.30. The molecule has 0 radical (unpaired) electrons. The van der Waals surface area contributed by atoms with Gasteiger partial charge in [-0.2, -0.15) is 0 Å². The van der Waals surface area contributed by atoms with Gasteiger partial charge >= 0.3 is 13.8 Å². The van der Waals surface area contributed by atoms with E-state index in [0.29, 0.717) is 23.9 Å². The summed E-state index contributed by atoms with van der Waals surface area (Å²) >= 11 is 0. The van der Waals surface area contributed by atoms with Gasteiger partial charge < -0.3 is 19.4 Å². The normalized spacial score (nSPS) is 13.8. The van der Waals surface area contributed by atoms with E-state index in [2.05, 4.69) is 38.2 Å². The number of unbranched alkanes of at least 4 members (excludes halogenated alkanes) is 40. The Morgan fingerprint density at radius 1 is 0.466 bits per heavy atom. The molecule has 3 unspecified atom stereocenters. The molecule has 0 aliphatic rings. The fourth-order valence-electron chi connectivity index (χ4n) is 9.47. The molecule has 2 N–H and O–H groups in total. The molecular formula is C63H124N2O7P+. The first kappa shape index (κ1) is 71.5. The third-order valence-electron chi connectivity index (χ3n) is 14.4. The second kappa shape index (κ2) is 53.9. The van der Waals surface area contributed by atoms with Gasteiger partial charge in [0, 0.05) is 12.8 Å². The van der Waals surface area contributed by atoms with Crippen LogP contribution in [-0.4, -0.2) is 74.3 Å². The minimum Gasteiger partial charge on any atom is -0.456 e. The molecule has 0 fully saturated rings. The Morgan fingerprint density at radius 2 is 0.795 bits per heavy atom. The molecule has 1 amide bonds. The summed E-state index contributed by atoms with van der Waals surface area (Å²) in [4.78, 5) is 37.7. The van der Waals surface area contributed by atoms with Crippen LogP contribution in [0.15, 0.2) is 24.3 Å². The number of phosphoric ester groups is 1. The van der Waals surface area contributed by atoms with Gasteiger partial charge in [0.15, 0.2) is 0 Å². The van der Waals surface area contributed by atoms with Gasteiger partial charge in [-0.1, -0.05) is 270 Å². The van der Waals surface area contributed by atoms with Gasteiger partial charge in [0.25, 0.3) is 0 Å². The molecule has 0 bridgehead atoms. The predicted octanol–water partition coefficient (Wildman–Crippen LogP) is 19.3. The van der Waals surface area contributed by atoms with Crippen molar-refractivity contribution in [3.05, 3.63) is 24.3 Å². The molecule has 0 spiro atoms. The number of nitrogens with one attached hydrogen (secondary N) is 1. The molecule has 3 atom stereocenters. The topological polar surface area (TPSA) is 111 Å². The Balaban J connectivity index is 5.26. The molecule has 0 saturated heterocycles. The number of rotatable bonds is 58. The van der Waals surface area contributed by atoms with Crippen molar-refractivity contribution in [1.82, 2.24) is 5.32 Å². The van der Waals surface area contributed by atoms with Crippen LogP contribution >= 0.6 is 7.82 Å². The van der Waals surface area contributed by atoms with Crippen LogP contribution in [0.25, 0.3) is 0 Å². The molecule has 0 aromatic carbocycles. The lowest BCUT2D eigenvalue weighted by Crippen LogP contribution is -2.47. The second-order valence-electron chi connectivity index (χ2n) is 22.9. The second-order valence-corrected chi connectivity index (χ2v) is 24.4. The molecule has 0 aromatic heterocycles. The molecule has 0 aliphatic carbocycles. The number of esters is 1. The maximum absolute atomic E-state index is 13.5. The van der Waals surface area contributed by atoms with Crippen LogP contribution in [0.5, 0.6) is 0 Å². The molecule has 0 saturated carbocycles. The summed E-state index contributed by atoms with van der Waals surface area (Å²) in [5.41, 5.74) is 0. The number of ether oxygens (including phenoxy) is 1. The average Bonchev–Trinajstić information content (AvgIpc) is 3.35. The van der Waals surface area contributed by atoms with Crippen LogP contribution in [0.1, 0.15) is 316 Å². The van der Waals surface area contributed by atoms with Crippen LogP contribution in [0.2, 0.25) is 0 Å². The van der Waals surface area contributed by atoms with E-state index < -0.39 is 20.0 Å². The van der Waals surface area contributed by atoms with Crippen molar-refractivity contribution in [3.63, 3.8) is 0 Å². The zero-order chi connectivity index (χ0) is 53.6. The van der Waals surface area contributed by atoms with E-state index in [1.165, 1.54) is 225 Å². The lowest BCUT2D eigenvalue weighted by molar-refractivity contribution is -0.870. The molecule has 0 rings (SSSR count). The Morgan fingerprint density at radius 3 is 1.16 bits per heavy atom. The molecule has 10 heteroatoms. The number of hydrogen-bond acceptors (Lipinski definition) is 6. The maximum atomic E-state index is 13.5. The van der Waals surface area contributed by atoms with Crippen LogP contribution < -0.4 is 5.32 Å². The third kappa shape index (κ3) is 55.1. The van der Waals surface area contributed by atoms with Gasteiger partial charge in [-0.15, -0.1) is 0 Å². The van der Waals surface area contributed by atoms with Crippen molar-refractivity contribution in [2.75, 3.05) is 40.9 Å². The van der Waals surface area contributed by atoms with Gasteiger partial charge in [-0.3, -0.25) is 18.6 Å². The van der Waals surface area contributed by atoms with Crippen molar-refractivity contribution in [1.29, 1.82) is 0 Å². The summed E-state index contributed by atoms with van der Waals surface area (Å²) in [7, 11) is 1.51. The van der Waals surface area contributed by atoms with Crippen LogP contribution in [0.4, 0.5) is 0 Å². The zero-order valence-electron chi connectivity index (χ0n) is 49.4. The Hall–Kier alpha value is -1.51. The summed E-state index contributed by atoms with van der Waals surface area (Å²) in [5, 5.41) is 3.06. The van der Waals surface area contributed by atoms with Crippen molar-refractivity contribution in [2.45, 2.75) is 328 Å². The fourth-order valence-corrected chi connectivity index (χ4v) is 10.2. The number of phosphoric acid groups is 1. The molecule has 432 valence electrons. The van der Waals surface area contributed by atoms with Crippen molar-refractivity contribution < 1.29 is 37.3 Å². The van der Waals surface area contributed by atoms with Gasteiger partial charge in [-0.25, -0.2) is 4.57 Å². The van der Waals surface area contributed by atoms with E-state index in [1.54, 1.807) is 0 Å². The van der Waals surface area contributed by atoms with E-state index in [-0.39, 0.29) is 25.1 Å². The van der Waals surface area contributed by atoms with Crippen molar-refractivity contribution in [2.24, 2.45) is 0 Å². The first-order valence-electron chi connectivity index (χ1n) is 31.7. The number of carbonyl (C=O) groups excluding carboxylic acids is 2. The largest absolute Gasteiger partial charge is 0.472 e. The Labute approximate surface area is 454 Å². The SMILES string of the molecule is CCCCCCCC/C=C/CCCCCCCCCC(=O)OC(/C=C/CCCCCCCCCCCCC)C(COP(=O)(O)OCC[N+](C)(C)C)NC(=O)CCCCCCCCCCCCCCCCCCC. The smallest absolute Gasteiger partial charge is 0.456 e. The monoisotopic (exact) mass is 1050 g/mol. The lowest BCUT2D eigenvalue weighted by atomic mass is 10.0. The number of allylic oxidation sites excluding steroid dienone is 3. The van der Waals surface area contributed by atoms with Gasteiger partial charge in [0.05, 0.1) is 33.8 Å². The van der Waals surface area contributed by atoms with Crippen LogP contribution in [0.3, 0.4) is 0 Å². The maximum Gasteiger partial charge on any atom is 0.472 e. The number of carbonyl (C=O) groups is 2. The molecule has 0 aliphatic heterocycles. The molecular weight excluding hydrogens is 928 g/mol. The Kier molecular flexibility index (Phi) is 52.8. The van der Waals surface area contributed by atoms with Crippen molar-refractivity contribution in [3.8, 4) is 0 Å². The first-order chi connectivity index (χ1) is 35.4.